The van der Waals surface area contributed by atoms with Gasteiger partial charge in [-0.25, -0.2) is 0 Å². The molecule has 0 aliphatic rings. The van der Waals surface area contributed by atoms with Crippen LogP contribution in [0.3, 0.4) is 0 Å². The summed E-state index contributed by atoms with van der Waals surface area (Å²) in [5.41, 5.74) is 1.01. The van der Waals surface area contributed by atoms with Gasteiger partial charge in [-0.15, -0.1) is 0 Å². The molecule has 2 rings (SSSR count). The number of pyridine rings is 1. The first-order chi connectivity index (χ1) is 9.40. The Balaban J connectivity index is 1.72. The average Bonchev–Trinajstić information content (AvgIpc) is 2.46. The highest BCUT2D eigenvalue weighted by Crippen LogP contribution is 2.17. The minimum absolute atomic E-state index is 0.687. The van der Waals surface area contributed by atoms with Gasteiger partial charge in [0.15, 0.2) is 0 Å². The lowest BCUT2D eigenvalue weighted by Gasteiger charge is -2.07. The fourth-order valence-corrected chi connectivity index (χ4v) is 2.00. The molecule has 3 heteroatoms. The van der Waals surface area contributed by atoms with Crippen LogP contribution in [-0.4, -0.2) is 24.7 Å². The molecule has 0 unspecified atom stereocenters. The first-order valence-electron chi connectivity index (χ1n) is 7.08. The summed E-state index contributed by atoms with van der Waals surface area (Å²) < 4.78 is 5.70. The molecule has 1 aromatic carbocycles. The van der Waals surface area contributed by atoms with Crippen LogP contribution in [0.25, 0.3) is 10.9 Å². The van der Waals surface area contributed by atoms with E-state index in [0.717, 1.165) is 29.7 Å². The maximum Gasteiger partial charge on any atom is 0.138 e. The van der Waals surface area contributed by atoms with Crippen molar-refractivity contribution in [1.29, 1.82) is 0 Å². The number of para-hydroxylation sites is 1. The van der Waals surface area contributed by atoms with Crippen molar-refractivity contribution in [3.05, 3.63) is 36.5 Å². The summed E-state index contributed by atoms with van der Waals surface area (Å²) in [4.78, 5) is 4.38. The minimum Gasteiger partial charge on any atom is -0.491 e. The van der Waals surface area contributed by atoms with Gasteiger partial charge in [0.2, 0.25) is 0 Å². The van der Waals surface area contributed by atoms with Gasteiger partial charge in [0.1, 0.15) is 12.4 Å². The average molecular weight is 258 g/mol. The van der Waals surface area contributed by atoms with Crippen LogP contribution < -0.4 is 10.1 Å². The van der Waals surface area contributed by atoms with Gasteiger partial charge in [-0.2, -0.15) is 0 Å². The number of unbranched alkanes of at least 4 members (excludes halogenated alkanes) is 2. The van der Waals surface area contributed by atoms with Crippen molar-refractivity contribution < 1.29 is 4.74 Å². The fraction of sp³-hybridized carbons (Fsp3) is 0.438. The molecule has 0 saturated carbocycles. The van der Waals surface area contributed by atoms with Gasteiger partial charge in [0, 0.05) is 11.9 Å². The molecule has 0 radical (unpaired) electrons. The zero-order valence-electron chi connectivity index (χ0n) is 11.6. The molecule has 1 heterocycles. The Bertz CT molecular complexity index is 499. The van der Waals surface area contributed by atoms with Gasteiger partial charge in [-0.3, -0.25) is 4.98 Å². The fourth-order valence-electron chi connectivity index (χ4n) is 2.00. The second-order valence-electron chi connectivity index (χ2n) is 4.67. The van der Waals surface area contributed by atoms with Crippen molar-refractivity contribution in [3.8, 4) is 5.75 Å². The molecule has 0 spiro atoms. The van der Waals surface area contributed by atoms with E-state index in [1.807, 2.05) is 24.3 Å². The molecule has 3 nitrogen and oxygen atoms in total. The van der Waals surface area contributed by atoms with Crippen LogP contribution in [0.5, 0.6) is 5.75 Å². The lowest BCUT2D eigenvalue weighted by molar-refractivity contribution is 0.313. The summed E-state index contributed by atoms with van der Waals surface area (Å²) in [5, 5.41) is 4.50. The van der Waals surface area contributed by atoms with Crippen LogP contribution in [-0.2, 0) is 0 Å². The lowest BCUT2D eigenvalue weighted by atomic mass is 10.2. The van der Waals surface area contributed by atoms with Crippen LogP contribution in [0.2, 0.25) is 0 Å². The van der Waals surface area contributed by atoms with E-state index >= 15 is 0 Å². The van der Waals surface area contributed by atoms with Crippen molar-refractivity contribution >= 4 is 10.9 Å². The highest BCUT2D eigenvalue weighted by atomic mass is 16.5. The summed E-state index contributed by atoms with van der Waals surface area (Å²) in [5.74, 6) is 0.842. The molecule has 0 amide bonds. The summed E-state index contributed by atoms with van der Waals surface area (Å²) in [6.45, 7) is 4.87. The number of rotatable bonds is 8. The Morgan fingerprint density at radius 2 is 2.05 bits per heavy atom. The molecule has 0 bridgehead atoms. The third-order valence-corrected chi connectivity index (χ3v) is 3.07. The molecule has 1 N–H and O–H groups in total. The first kappa shape index (κ1) is 13.8. The number of hydrogen-bond acceptors (Lipinski definition) is 3. The van der Waals surface area contributed by atoms with Crippen molar-refractivity contribution in [2.75, 3.05) is 19.7 Å². The van der Waals surface area contributed by atoms with E-state index in [0.29, 0.717) is 6.61 Å². The van der Waals surface area contributed by atoms with Gasteiger partial charge >= 0.3 is 0 Å². The third kappa shape index (κ3) is 4.52. The molecule has 0 aliphatic carbocycles. The Labute approximate surface area is 115 Å². The maximum atomic E-state index is 5.70. The molecule has 1 aromatic heterocycles. The quantitative estimate of drug-likeness (QED) is 0.737. The normalized spacial score (nSPS) is 10.8. The minimum atomic E-state index is 0.687. The summed E-state index contributed by atoms with van der Waals surface area (Å²) in [6.07, 6.45) is 5.59. The number of aromatic nitrogens is 1. The SMILES string of the molecule is CCCCCNCCOc1cnc2ccccc2c1. The van der Waals surface area contributed by atoms with Crippen LogP contribution in [0.4, 0.5) is 0 Å². The van der Waals surface area contributed by atoms with Crippen molar-refractivity contribution in [2.24, 2.45) is 0 Å². The van der Waals surface area contributed by atoms with Crippen LogP contribution in [0.15, 0.2) is 36.5 Å². The number of nitrogens with one attached hydrogen (secondary N) is 1. The van der Waals surface area contributed by atoms with E-state index in [1.165, 1.54) is 19.3 Å². The van der Waals surface area contributed by atoms with E-state index in [9.17, 15) is 0 Å². The molecular weight excluding hydrogens is 236 g/mol. The Morgan fingerprint density at radius 1 is 1.16 bits per heavy atom. The van der Waals surface area contributed by atoms with Crippen LogP contribution >= 0.6 is 0 Å². The molecule has 2 aromatic rings. The van der Waals surface area contributed by atoms with E-state index in [1.54, 1.807) is 6.20 Å². The molecule has 19 heavy (non-hydrogen) atoms. The third-order valence-electron chi connectivity index (χ3n) is 3.07. The highest BCUT2D eigenvalue weighted by Gasteiger charge is 1.97. The molecule has 0 fully saturated rings. The Hall–Kier alpha value is -1.61. The Kier molecular flexibility index (Phi) is 5.63. The summed E-state index contributed by atoms with van der Waals surface area (Å²) in [6, 6.07) is 10.1. The molecule has 0 aliphatic heterocycles. The molecular formula is C16H22N2O. The monoisotopic (exact) mass is 258 g/mol. The van der Waals surface area contributed by atoms with Gasteiger partial charge in [-0.1, -0.05) is 38.0 Å². The van der Waals surface area contributed by atoms with Crippen molar-refractivity contribution in [2.45, 2.75) is 26.2 Å². The zero-order chi connectivity index (χ0) is 13.3. The predicted octanol–water partition coefficient (Wildman–Crippen LogP) is 3.39. The molecule has 102 valence electrons. The predicted molar refractivity (Wildman–Crippen MR) is 79.6 cm³/mol. The first-order valence-corrected chi connectivity index (χ1v) is 7.08. The number of nitrogens with zero attached hydrogens (tertiary/aromatic N) is 1. The van der Waals surface area contributed by atoms with E-state index in [4.69, 9.17) is 4.74 Å². The maximum absolute atomic E-state index is 5.70. The lowest BCUT2D eigenvalue weighted by Crippen LogP contribution is -2.22. The van der Waals surface area contributed by atoms with E-state index in [2.05, 4.69) is 23.3 Å². The molecule has 0 saturated heterocycles. The molecule has 0 atom stereocenters. The smallest absolute Gasteiger partial charge is 0.138 e. The van der Waals surface area contributed by atoms with Gasteiger partial charge in [-0.05, 0) is 25.1 Å². The van der Waals surface area contributed by atoms with Crippen molar-refractivity contribution in [1.82, 2.24) is 10.3 Å². The second-order valence-corrected chi connectivity index (χ2v) is 4.67. The standard InChI is InChI=1S/C16H22N2O/c1-2-3-6-9-17-10-11-19-15-12-14-7-4-5-8-16(14)18-13-15/h4-5,7-8,12-13,17H,2-3,6,9-11H2,1H3. The number of benzene rings is 1. The number of hydrogen-bond donors (Lipinski definition) is 1. The Morgan fingerprint density at radius 3 is 2.95 bits per heavy atom. The second kappa shape index (κ2) is 7.74. The van der Waals surface area contributed by atoms with Crippen molar-refractivity contribution in [3.63, 3.8) is 0 Å². The number of ether oxygens (including phenoxy) is 1. The van der Waals surface area contributed by atoms with Crippen LogP contribution in [0, 0.1) is 0 Å². The van der Waals surface area contributed by atoms with Gasteiger partial charge < -0.3 is 10.1 Å². The van der Waals surface area contributed by atoms with Gasteiger partial charge in [0.25, 0.3) is 0 Å². The topological polar surface area (TPSA) is 34.1 Å². The summed E-state index contributed by atoms with van der Waals surface area (Å²) >= 11 is 0. The van der Waals surface area contributed by atoms with E-state index in [-0.39, 0.29) is 0 Å². The zero-order valence-corrected chi connectivity index (χ0v) is 11.6. The van der Waals surface area contributed by atoms with Gasteiger partial charge in [0.05, 0.1) is 11.7 Å². The van der Waals surface area contributed by atoms with E-state index < -0.39 is 0 Å². The number of fused-ring (bicyclic) bond motifs is 1. The summed E-state index contributed by atoms with van der Waals surface area (Å²) in [7, 11) is 0. The van der Waals surface area contributed by atoms with Crippen LogP contribution in [0.1, 0.15) is 26.2 Å². The largest absolute Gasteiger partial charge is 0.491 e. The highest BCUT2D eigenvalue weighted by molar-refractivity contribution is 5.79.